The number of hydrogen-bond acceptors (Lipinski definition) is 5. The summed E-state index contributed by atoms with van der Waals surface area (Å²) in [6.45, 7) is 5.90. The maximum atomic E-state index is 13.5. The lowest BCUT2D eigenvalue weighted by Crippen LogP contribution is -2.31. The minimum absolute atomic E-state index is 0.127. The molecule has 0 spiro atoms. The SMILES string of the molecule is COCCCN1C(=O)c2oc3ccccc3c(=O)c2C1c1cccc(OCCC(C)C)c1. The lowest BCUT2D eigenvalue weighted by Gasteiger charge is -2.25. The summed E-state index contributed by atoms with van der Waals surface area (Å²) in [5.41, 5.74) is 1.48. The van der Waals surface area contributed by atoms with Crippen LogP contribution in [0.15, 0.2) is 57.7 Å². The molecule has 1 amide bonds. The highest BCUT2D eigenvalue weighted by atomic mass is 16.5. The van der Waals surface area contributed by atoms with Crippen LogP contribution in [-0.2, 0) is 4.74 Å². The van der Waals surface area contributed by atoms with E-state index < -0.39 is 6.04 Å². The van der Waals surface area contributed by atoms with Crippen LogP contribution >= 0.6 is 0 Å². The molecule has 2 heterocycles. The minimum atomic E-state index is -0.524. The second kappa shape index (κ2) is 9.57. The van der Waals surface area contributed by atoms with Crippen LogP contribution in [0, 0.1) is 5.92 Å². The molecule has 0 N–H and O–H groups in total. The molecule has 1 unspecified atom stereocenters. The van der Waals surface area contributed by atoms with Crippen LogP contribution in [0.3, 0.4) is 0 Å². The zero-order chi connectivity index (χ0) is 22.7. The van der Waals surface area contributed by atoms with E-state index in [1.54, 1.807) is 36.3 Å². The van der Waals surface area contributed by atoms with Crippen molar-refractivity contribution in [1.29, 1.82) is 0 Å². The number of carbonyl (C=O) groups is 1. The number of amides is 1. The van der Waals surface area contributed by atoms with E-state index in [-0.39, 0.29) is 17.1 Å². The monoisotopic (exact) mass is 435 g/mol. The summed E-state index contributed by atoms with van der Waals surface area (Å²) in [6, 6.07) is 14.2. The maximum absolute atomic E-state index is 13.5. The van der Waals surface area contributed by atoms with Crippen molar-refractivity contribution in [2.45, 2.75) is 32.7 Å². The zero-order valence-electron chi connectivity index (χ0n) is 18.8. The fourth-order valence-electron chi connectivity index (χ4n) is 4.11. The number of methoxy groups -OCH3 is 1. The van der Waals surface area contributed by atoms with Crippen LogP contribution in [-0.4, -0.2) is 37.7 Å². The first kappa shape index (κ1) is 22.1. The quantitative estimate of drug-likeness (QED) is 0.452. The number of benzene rings is 2. The molecule has 0 bridgehead atoms. The summed E-state index contributed by atoms with van der Waals surface area (Å²) in [5, 5.41) is 0.479. The number of hydrogen-bond donors (Lipinski definition) is 0. The highest BCUT2D eigenvalue weighted by Gasteiger charge is 2.42. The first-order chi connectivity index (χ1) is 15.5. The van der Waals surface area contributed by atoms with Crippen LogP contribution in [0.5, 0.6) is 5.75 Å². The Hall–Kier alpha value is -3.12. The van der Waals surface area contributed by atoms with E-state index in [9.17, 15) is 9.59 Å². The molecule has 1 aliphatic rings. The van der Waals surface area contributed by atoms with E-state index in [1.807, 2.05) is 24.3 Å². The highest BCUT2D eigenvalue weighted by Crippen LogP contribution is 2.39. The Labute approximate surface area is 187 Å². The molecule has 1 aromatic heterocycles. The average Bonchev–Trinajstić information content (AvgIpc) is 3.06. The van der Waals surface area contributed by atoms with Crippen molar-refractivity contribution in [3.63, 3.8) is 0 Å². The summed E-state index contributed by atoms with van der Waals surface area (Å²) in [4.78, 5) is 28.5. The topological polar surface area (TPSA) is 69.0 Å². The average molecular weight is 436 g/mol. The fraction of sp³-hybridized carbons (Fsp3) is 0.385. The van der Waals surface area contributed by atoms with Crippen LogP contribution < -0.4 is 10.2 Å². The van der Waals surface area contributed by atoms with Gasteiger partial charge in [-0.3, -0.25) is 9.59 Å². The number of fused-ring (bicyclic) bond motifs is 2. The van der Waals surface area contributed by atoms with E-state index in [1.165, 1.54) is 0 Å². The Balaban J connectivity index is 1.77. The number of rotatable bonds is 9. The molecule has 0 aliphatic carbocycles. The third kappa shape index (κ3) is 4.28. The molecule has 1 aliphatic heterocycles. The lowest BCUT2D eigenvalue weighted by atomic mass is 9.98. The van der Waals surface area contributed by atoms with Crippen molar-refractivity contribution in [3.05, 3.63) is 75.6 Å². The molecule has 6 nitrogen and oxygen atoms in total. The second-order valence-electron chi connectivity index (χ2n) is 8.52. The molecule has 0 radical (unpaired) electrons. The molecule has 0 fully saturated rings. The fourth-order valence-corrected chi connectivity index (χ4v) is 4.11. The first-order valence-corrected chi connectivity index (χ1v) is 11.1. The van der Waals surface area contributed by atoms with E-state index in [2.05, 4.69) is 13.8 Å². The first-order valence-electron chi connectivity index (χ1n) is 11.1. The normalized spacial score (nSPS) is 15.6. The number of nitrogens with zero attached hydrogens (tertiary/aromatic N) is 1. The zero-order valence-corrected chi connectivity index (χ0v) is 18.8. The molecule has 6 heteroatoms. The van der Waals surface area contributed by atoms with Gasteiger partial charge in [0.1, 0.15) is 11.3 Å². The maximum Gasteiger partial charge on any atom is 0.290 e. The molecular formula is C26H29NO5. The third-order valence-electron chi connectivity index (χ3n) is 5.76. The molecule has 4 rings (SSSR count). The van der Waals surface area contributed by atoms with Crippen molar-refractivity contribution in [2.24, 2.45) is 5.92 Å². The molecule has 0 saturated heterocycles. The number of carbonyl (C=O) groups excluding carboxylic acids is 1. The van der Waals surface area contributed by atoms with E-state index in [0.717, 1.165) is 17.7 Å². The van der Waals surface area contributed by atoms with Gasteiger partial charge in [-0.15, -0.1) is 0 Å². The van der Waals surface area contributed by atoms with Gasteiger partial charge < -0.3 is 18.8 Å². The standard InChI is InChI=1S/C26H29NO5/c1-17(2)12-15-31-19-9-6-8-18(16-19)23-22-24(28)20-10-4-5-11-21(20)32-25(22)26(29)27(23)13-7-14-30-3/h4-6,8-11,16-17,23H,7,12-15H2,1-3H3. The van der Waals surface area contributed by atoms with Gasteiger partial charge in [0.05, 0.1) is 23.6 Å². The van der Waals surface area contributed by atoms with Crippen molar-refractivity contribution >= 4 is 16.9 Å². The van der Waals surface area contributed by atoms with Crippen LogP contribution in [0.1, 0.15) is 54.4 Å². The van der Waals surface area contributed by atoms with Gasteiger partial charge in [0.15, 0.2) is 5.43 Å². The van der Waals surface area contributed by atoms with Crippen molar-refractivity contribution in [2.75, 3.05) is 26.9 Å². The Bertz CT molecular complexity index is 1170. The van der Waals surface area contributed by atoms with Crippen molar-refractivity contribution in [1.82, 2.24) is 4.90 Å². The number of ether oxygens (including phenoxy) is 2. The minimum Gasteiger partial charge on any atom is -0.494 e. The molecule has 2 aromatic carbocycles. The van der Waals surface area contributed by atoms with Gasteiger partial charge in [0, 0.05) is 20.3 Å². The van der Waals surface area contributed by atoms with Crippen molar-refractivity contribution in [3.8, 4) is 5.75 Å². The summed E-state index contributed by atoms with van der Waals surface area (Å²) in [6.07, 6.45) is 1.61. The molecule has 32 heavy (non-hydrogen) atoms. The molecule has 0 saturated carbocycles. The Morgan fingerprint density at radius 2 is 1.88 bits per heavy atom. The van der Waals surface area contributed by atoms with Gasteiger partial charge in [-0.2, -0.15) is 0 Å². The van der Waals surface area contributed by atoms with Gasteiger partial charge in [0.2, 0.25) is 5.76 Å². The third-order valence-corrected chi connectivity index (χ3v) is 5.76. The van der Waals surface area contributed by atoms with Gasteiger partial charge in [-0.25, -0.2) is 0 Å². The summed E-state index contributed by atoms with van der Waals surface area (Å²) in [7, 11) is 1.63. The van der Waals surface area contributed by atoms with E-state index in [0.29, 0.717) is 48.6 Å². The summed E-state index contributed by atoms with van der Waals surface area (Å²) in [5.74, 6) is 1.13. The predicted octanol–water partition coefficient (Wildman–Crippen LogP) is 4.80. The molecule has 1 atom stereocenters. The summed E-state index contributed by atoms with van der Waals surface area (Å²) < 4.78 is 17.1. The molecule has 3 aromatic rings. The summed E-state index contributed by atoms with van der Waals surface area (Å²) >= 11 is 0. The Morgan fingerprint density at radius 3 is 2.66 bits per heavy atom. The van der Waals surface area contributed by atoms with E-state index >= 15 is 0 Å². The predicted molar refractivity (Wildman–Crippen MR) is 123 cm³/mol. The largest absolute Gasteiger partial charge is 0.494 e. The van der Waals surface area contributed by atoms with E-state index in [4.69, 9.17) is 13.9 Å². The van der Waals surface area contributed by atoms with Crippen LogP contribution in [0.25, 0.3) is 11.0 Å². The van der Waals surface area contributed by atoms with Gasteiger partial charge in [-0.05, 0) is 48.6 Å². The Morgan fingerprint density at radius 1 is 1.06 bits per heavy atom. The van der Waals surface area contributed by atoms with Gasteiger partial charge in [0.25, 0.3) is 5.91 Å². The lowest BCUT2D eigenvalue weighted by molar-refractivity contribution is 0.0707. The van der Waals surface area contributed by atoms with Crippen molar-refractivity contribution < 1.29 is 18.7 Å². The Kier molecular flexibility index (Phi) is 6.61. The highest BCUT2D eigenvalue weighted by molar-refractivity contribution is 5.99. The molecule has 168 valence electrons. The smallest absolute Gasteiger partial charge is 0.290 e. The second-order valence-corrected chi connectivity index (χ2v) is 8.52. The molecular weight excluding hydrogens is 406 g/mol. The van der Waals surface area contributed by atoms with Crippen LogP contribution in [0.2, 0.25) is 0 Å². The van der Waals surface area contributed by atoms with Gasteiger partial charge in [-0.1, -0.05) is 38.1 Å². The van der Waals surface area contributed by atoms with Crippen LogP contribution in [0.4, 0.5) is 0 Å². The number of para-hydroxylation sites is 1. The van der Waals surface area contributed by atoms with Gasteiger partial charge >= 0.3 is 0 Å².